The maximum Gasteiger partial charge on any atom is 0.124 e. The smallest absolute Gasteiger partial charge is 0.124 e. The minimum Gasteiger partial charge on any atom is -0.494 e. The van der Waals surface area contributed by atoms with E-state index in [4.69, 9.17) is 4.74 Å². The van der Waals surface area contributed by atoms with Gasteiger partial charge in [-0.15, -0.1) is 0 Å². The molecule has 0 bridgehead atoms. The maximum absolute atomic E-state index is 5.84. The van der Waals surface area contributed by atoms with Crippen LogP contribution in [0.15, 0.2) is 24.3 Å². The van der Waals surface area contributed by atoms with E-state index in [9.17, 15) is 0 Å². The minimum atomic E-state index is 0.243. The fourth-order valence-corrected chi connectivity index (χ4v) is 4.39. The SMILES string of the molecule is CCOc1ccccc1C(C)N1CC2CNCC2C1(C)C. The second-order valence-electron chi connectivity index (χ2n) is 6.98. The summed E-state index contributed by atoms with van der Waals surface area (Å²) < 4.78 is 5.84. The van der Waals surface area contributed by atoms with E-state index in [1.807, 2.05) is 0 Å². The lowest BCUT2D eigenvalue weighted by molar-refractivity contribution is 0.0953. The molecule has 21 heavy (non-hydrogen) atoms. The Morgan fingerprint density at radius 1 is 1.33 bits per heavy atom. The molecule has 2 aliphatic heterocycles. The molecule has 0 saturated carbocycles. The number of likely N-dealkylation sites (tertiary alicyclic amines) is 1. The van der Waals surface area contributed by atoms with Gasteiger partial charge in [0.15, 0.2) is 0 Å². The molecule has 1 N–H and O–H groups in total. The van der Waals surface area contributed by atoms with Crippen molar-refractivity contribution in [1.29, 1.82) is 0 Å². The number of benzene rings is 1. The Kier molecular flexibility index (Phi) is 3.98. The number of nitrogens with zero attached hydrogens (tertiary/aromatic N) is 1. The quantitative estimate of drug-likeness (QED) is 0.921. The first-order valence-corrected chi connectivity index (χ1v) is 8.25. The summed E-state index contributed by atoms with van der Waals surface area (Å²) in [6.07, 6.45) is 0. The van der Waals surface area contributed by atoms with Gasteiger partial charge in [0.1, 0.15) is 5.75 Å². The van der Waals surface area contributed by atoms with Gasteiger partial charge in [-0.2, -0.15) is 0 Å². The normalized spacial score (nSPS) is 29.3. The molecule has 2 saturated heterocycles. The molecule has 116 valence electrons. The van der Waals surface area contributed by atoms with Gasteiger partial charge in [0.05, 0.1) is 6.61 Å². The zero-order valence-electron chi connectivity index (χ0n) is 13.7. The summed E-state index contributed by atoms with van der Waals surface area (Å²) in [5.41, 5.74) is 1.56. The average Bonchev–Trinajstić information content (AvgIpc) is 3.02. The van der Waals surface area contributed by atoms with Crippen LogP contribution in [-0.4, -0.2) is 36.7 Å². The lowest BCUT2D eigenvalue weighted by atomic mass is 9.84. The maximum atomic E-state index is 5.84. The van der Waals surface area contributed by atoms with Crippen LogP contribution in [0.5, 0.6) is 5.75 Å². The molecule has 0 radical (unpaired) electrons. The Labute approximate surface area is 128 Å². The van der Waals surface area contributed by atoms with Crippen LogP contribution >= 0.6 is 0 Å². The molecule has 0 amide bonds. The Bertz CT molecular complexity index is 500. The van der Waals surface area contributed by atoms with Crippen LogP contribution in [-0.2, 0) is 0 Å². The van der Waals surface area contributed by atoms with Crippen molar-refractivity contribution in [3.63, 3.8) is 0 Å². The monoisotopic (exact) mass is 288 g/mol. The third kappa shape index (κ3) is 2.47. The van der Waals surface area contributed by atoms with Gasteiger partial charge in [-0.25, -0.2) is 0 Å². The van der Waals surface area contributed by atoms with Gasteiger partial charge in [0.2, 0.25) is 0 Å². The number of para-hydroxylation sites is 1. The summed E-state index contributed by atoms with van der Waals surface area (Å²) >= 11 is 0. The van der Waals surface area contributed by atoms with E-state index in [0.29, 0.717) is 6.04 Å². The van der Waals surface area contributed by atoms with Crippen LogP contribution in [0.2, 0.25) is 0 Å². The predicted molar refractivity (Wildman–Crippen MR) is 86.7 cm³/mol. The Morgan fingerprint density at radius 2 is 2.10 bits per heavy atom. The van der Waals surface area contributed by atoms with E-state index < -0.39 is 0 Å². The lowest BCUT2D eigenvalue weighted by Crippen LogP contribution is -2.45. The topological polar surface area (TPSA) is 24.5 Å². The molecule has 3 rings (SSSR count). The van der Waals surface area contributed by atoms with Crippen molar-refractivity contribution >= 4 is 0 Å². The Balaban J connectivity index is 1.87. The molecule has 3 heteroatoms. The zero-order chi connectivity index (χ0) is 15.0. The van der Waals surface area contributed by atoms with Crippen LogP contribution in [0.25, 0.3) is 0 Å². The second kappa shape index (κ2) is 5.62. The summed E-state index contributed by atoms with van der Waals surface area (Å²) in [7, 11) is 0. The highest BCUT2D eigenvalue weighted by molar-refractivity contribution is 5.36. The van der Waals surface area contributed by atoms with Crippen molar-refractivity contribution in [2.24, 2.45) is 11.8 Å². The fourth-order valence-electron chi connectivity index (χ4n) is 4.39. The third-order valence-electron chi connectivity index (χ3n) is 5.56. The first-order chi connectivity index (χ1) is 10.1. The molecule has 0 aliphatic carbocycles. The van der Waals surface area contributed by atoms with Gasteiger partial charge < -0.3 is 10.1 Å². The van der Waals surface area contributed by atoms with Gasteiger partial charge in [-0.1, -0.05) is 18.2 Å². The van der Waals surface area contributed by atoms with Crippen molar-refractivity contribution in [3.05, 3.63) is 29.8 Å². The summed E-state index contributed by atoms with van der Waals surface area (Å²) in [6.45, 7) is 13.4. The third-order valence-corrected chi connectivity index (χ3v) is 5.56. The second-order valence-corrected chi connectivity index (χ2v) is 6.98. The van der Waals surface area contributed by atoms with Crippen molar-refractivity contribution < 1.29 is 4.74 Å². The summed E-state index contributed by atoms with van der Waals surface area (Å²) in [5.74, 6) is 2.60. The molecule has 1 aromatic rings. The highest BCUT2D eigenvalue weighted by Gasteiger charge is 2.51. The lowest BCUT2D eigenvalue weighted by Gasteiger charge is -2.40. The molecule has 3 unspecified atom stereocenters. The Morgan fingerprint density at radius 3 is 2.81 bits per heavy atom. The molecular weight excluding hydrogens is 260 g/mol. The molecule has 0 aromatic heterocycles. The number of nitrogens with one attached hydrogen (secondary N) is 1. The van der Waals surface area contributed by atoms with Crippen molar-refractivity contribution in [1.82, 2.24) is 10.2 Å². The van der Waals surface area contributed by atoms with Gasteiger partial charge >= 0.3 is 0 Å². The molecule has 3 nitrogen and oxygen atoms in total. The van der Waals surface area contributed by atoms with Crippen molar-refractivity contribution in [2.75, 3.05) is 26.2 Å². The molecule has 3 atom stereocenters. The molecule has 2 heterocycles. The number of rotatable bonds is 4. The largest absolute Gasteiger partial charge is 0.494 e. The highest BCUT2D eigenvalue weighted by atomic mass is 16.5. The van der Waals surface area contributed by atoms with Gasteiger partial charge in [0, 0.05) is 30.2 Å². The van der Waals surface area contributed by atoms with E-state index in [-0.39, 0.29) is 5.54 Å². The van der Waals surface area contributed by atoms with E-state index in [1.54, 1.807) is 0 Å². The van der Waals surface area contributed by atoms with E-state index in [0.717, 1.165) is 30.7 Å². The molecule has 2 aliphatic rings. The average molecular weight is 288 g/mol. The van der Waals surface area contributed by atoms with Crippen LogP contribution in [0, 0.1) is 11.8 Å². The number of ether oxygens (including phenoxy) is 1. The number of hydrogen-bond acceptors (Lipinski definition) is 3. The van der Waals surface area contributed by atoms with E-state index in [2.05, 4.69) is 62.2 Å². The fraction of sp³-hybridized carbons (Fsp3) is 0.667. The summed E-state index contributed by atoms with van der Waals surface area (Å²) in [5, 5.41) is 3.56. The predicted octanol–water partition coefficient (Wildman–Crippen LogP) is 3.08. The van der Waals surface area contributed by atoms with E-state index in [1.165, 1.54) is 18.7 Å². The summed E-state index contributed by atoms with van der Waals surface area (Å²) in [6, 6.07) is 8.90. The van der Waals surface area contributed by atoms with Gasteiger partial charge in [-0.3, -0.25) is 4.90 Å². The van der Waals surface area contributed by atoms with Crippen molar-refractivity contribution in [2.45, 2.75) is 39.3 Å². The van der Waals surface area contributed by atoms with Gasteiger partial charge in [-0.05, 0) is 52.1 Å². The minimum absolute atomic E-state index is 0.243. The van der Waals surface area contributed by atoms with Crippen LogP contribution < -0.4 is 10.1 Å². The van der Waals surface area contributed by atoms with Gasteiger partial charge in [0.25, 0.3) is 0 Å². The first kappa shape index (κ1) is 14.9. The van der Waals surface area contributed by atoms with Crippen LogP contribution in [0.3, 0.4) is 0 Å². The van der Waals surface area contributed by atoms with Crippen LogP contribution in [0.4, 0.5) is 0 Å². The Hall–Kier alpha value is -1.06. The molecule has 0 spiro atoms. The van der Waals surface area contributed by atoms with Crippen molar-refractivity contribution in [3.8, 4) is 5.75 Å². The molecular formula is C18H28N2O. The first-order valence-electron chi connectivity index (χ1n) is 8.25. The summed E-state index contributed by atoms with van der Waals surface area (Å²) in [4.78, 5) is 2.68. The van der Waals surface area contributed by atoms with E-state index >= 15 is 0 Å². The van der Waals surface area contributed by atoms with Crippen LogP contribution in [0.1, 0.15) is 39.3 Å². The highest BCUT2D eigenvalue weighted by Crippen LogP contribution is 2.45. The molecule has 2 fully saturated rings. The molecule has 1 aromatic carbocycles. The standard InChI is InChI=1S/C18H28N2O/c1-5-21-17-9-7-6-8-15(17)13(2)20-12-14-10-19-11-16(14)18(20,3)4/h6-9,13-14,16,19H,5,10-12H2,1-4H3. The number of fused-ring (bicyclic) bond motifs is 1. The number of hydrogen-bond donors (Lipinski definition) is 1. The zero-order valence-corrected chi connectivity index (χ0v) is 13.7.